The predicted molar refractivity (Wildman–Crippen MR) is 133 cm³/mol. The molecule has 33 heavy (non-hydrogen) atoms. The summed E-state index contributed by atoms with van der Waals surface area (Å²) in [4.78, 5) is 27.4. The summed E-state index contributed by atoms with van der Waals surface area (Å²) in [5.74, 6) is 0.459. The van der Waals surface area contributed by atoms with E-state index in [2.05, 4.69) is 39.8 Å². The van der Waals surface area contributed by atoms with Gasteiger partial charge in [0.15, 0.2) is 0 Å². The Morgan fingerprint density at radius 3 is 2.33 bits per heavy atom. The van der Waals surface area contributed by atoms with Crippen LogP contribution in [-0.4, -0.2) is 35.8 Å². The van der Waals surface area contributed by atoms with Crippen LogP contribution in [0, 0.1) is 5.92 Å². The van der Waals surface area contributed by atoms with Crippen molar-refractivity contribution in [1.82, 2.24) is 10.2 Å². The first kappa shape index (κ1) is 23.5. The number of carbonyl (C=O) groups is 2. The van der Waals surface area contributed by atoms with Crippen LogP contribution < -0.4 is 10.6 Å². The van der Waals surface area contributed by atoms with E-state index in [9.17, 15) is 9.59 Å². The molecule has 176 valence electrons. The number of hydrogen-bond donors (Lipinski definition) is 2. The Morgan fingerprint density at radius 1 is 0.848 bits per heavy atom. The fraction of sp³-hybridized carbons (Fsp3) is 0.500. The van der Waals surface area contributed by atoms with Gasteiger partial charge in [-0.2, -0.15) is 0 Å². The molecule has 1 saturated carbocycles. The maximum Gasteiger partial charge on any atom is 0.224 e. The Labute approximate surface area is 197 Å². The highest BCUT2D eigenvalue weighted by Crippen LogP contribution is 2.23. The molecule has 2 fully saturated rings. The van der Waals surface area contributed by atoms with Gasteiger partial charge in [-0.3, -0.25) is 14.5 Å². The lowest BCUT2D eigenvalue weighted by Crippen LogP contribution is -2.44. The van der Waals surface area contributed by atoms with E-state index < -0.39 is 0 Å². The lowest BCUT2D eigenvalue weighted by Gasteiger charge is -2.32. The van der Waals surface area contributed by atoms with Crippen LogP contribution in [-0.2, 0) is 22.6 Å². The quantitative estimate of drug-likeness (QED) is 0.604. The number of aryl methyl sites for hydroxylation is 1. The molecular weight excluding hydrogens is 410 g/mol. The van der Waals surface area contributed by atoms with E-state index in [0.29, 0.717) is 12.5 Å². The number of nitrogens with one attached hydrogen (secondary N) is 2. The molecule has 0 spiro atoms. The van der Waals surface area contributed by atoms with Crippen LogP contribution in [0.2, 0.25) is 0 Å². The third-order valence-corrected chi connectivity index (χ3v) is 7.01. The lowest BCUT2D eigenvalue weighted by molar-refractivity contribution is -0.127. The molecule has 0 unspecified atom stereocenters. The Bertz CT molecular complexity index is 900. The van der Waals surface area contributed by atoms with Gasteiger partial charge in [0, 0.05) is 30.6 Å². The monoisotopic (exact) mass is 447 g/mol. The molecule has 0 atom stereocenters. The lowest BCUT2D eigenvalue weighted by atomic mass is 9.92. The zero-order chi connectivity index (χ0) is 22.9. The summed E-state index contributed by atoms with van der Waals surface area (Å²) in [6.07, 6.45) is 9.16. The van der Waals surface area contributed by atoms with Crippen LogP contribution in [0.5, 0.6) is 0 Å². The van der Waals surface area contributed by atoms with Crippen molar-refractivity contribution < 1.29 is 9.59 Å². The number of likely N-dealkylation sites (tertiary alicyclic amines) is 1. The summed E-state index contributed by atoms with van der Waals surface area (Å²) in [6.45, 7) is 2.73. The fourth-order valence-electron chi connectivity index (χ4n) is 5.05. The van der Waals surface area contributed by atoms with Crippen molar-refractivity contribution in [2.24, 2.45) is 5.92 Å². The number of piperidine rings is 1. The Hall–Kier alpha value is -2.66. The number of benzene rings is 2. The van der Waals surface area contributed by atoms with Crippen molar-refractivity contribution in [1.29, 1.82) is 0 Å². The zero-order valence-corrected chi connectivity index (χ0v) is 19.6. The van der Waals surface area contributed by atoms with E-state index in [4.69, 9.17) is 0 Å². The molecule has 2 N–H and O–H groups in total. The largest absolute Gasteiger partial charge is 0.353 e. The van der Waals surface area contributed by atoms with Gasteiger partial charge in [0.1, 0.15) is 0 Å². The van der Waals surface area contributed by atoms with Crippen LogP contribution in [0.1, 0.15) is 62.5 Å². The topological polar surface area (TPSA) is 61.4 Å². The summed E-state index contributed by atoms with van der Waals surface area (Å²) in [5, 5.41) is 6.34. The Balaban J connectivity index is 1.20. The second-order valence-electron chi connectivity index (χ2n) is 9.63. The predicted octanol–water partition coefficient (Wildman–Crippen LogP) is 4.92. The summed E-state index contributed by atoms with van der Waals surface area (Å²) in [7, 11) is 0. The van der Waals surface area contributed by atoms with Crippen molar-refractivity contribution in [3.05, 3.63) is 65.7 Å². The highest BCUT2D eigenvalue weighted by molar-refractivity contribution is 5.90. The number of hydrogen-bond acceptors (Lipinski definition) is 3. The minimum atomic E-state index is 0.0424. The molecule has 1 saturated heterocycles. The molecule has 0 aromatic heterocycles. The van der Waals surface area contributed by atoms with Gasteiger partial charge in [0.25, 0.3) is 0 Å². The molecule has 0 bridgehead atoms. The van der Waals surface area contributed by atoms with Crippen molar-refractivity contribution in [2.45, 2.75) is 70.4 Å². The smallest absolute Gasteiger partial charge is 0.224 e. The van der Waals surface area contributed by atoms with E-state index in [0.717, 1.165) is 57.4 Å². The number of rotatable bonds is 8. The van der Waals surface area contributed by atoms with Crippen LogP contribution in [0.3, 0.4) is 0 Å². The average Bonchev–Trinajstić information content (AvgIpc) is 2.85. The van der Waals surface area contributed by atoms with E-state index in [1.165, 1.54) is 30.4 Å². The number of amides is 2. The average molecular weight is 448 g/mol. The summed E-state index contributed by atoms with van der Waals surface area (Å²) in [6, 6.07) is 18.6. The van der Waals surface area contributed by atoms with Crippen molar-refractivity contribution in [2.75, 3.05) is 18.4 Å². The third kappa shape index (κ3) is 7.43. The van der Waals surface area contributed by atoms with E-state index >= 15 is 0 Å². The molecule has 1 heterocycles. The normalized spacial score (nSPS) is 18.1. The molecule has 1 aliphatic heterocycles. The second kappa shape index (κ2) is 12.0. The number of anilines is 1. The first-order valence-corrected chi connectivity index (χ1v) is 12.6. The molecule has 1 aliphatic carbocycles. The van der Waals surface area contributed by atoms with Crippen LogP contribution in [0.25, 0.3) is 0 Å². The molecule has 0 radical (unpaired) electrons. The highest BCUT2D eigenvalue weighted by atomic mass is 16.2. The van der Waals surface area contributed by atoms with E-state index in [1.807, 2.05) is 30.3 Å². The first-order valence-electron chi connectivity index (χ1n) is 12.6. The van der Waals surface area contributed by atoms with Crippen molar-refractivity contribution >= 4 is 17.5 Å². The zero-order valence-electron chi connectivity index (χ0n) is 19.6. The molecule has 2 aromatic carbocycles. The second-order valence-corrected chi connectivity index (χ2v) is 9.63. The minimum absolute atomic E-state index is 0.0424. The Morgan fingerprint density at radius 2 is 1.58 bits per heavy atom. The molecule has 4 rings (SSSR count). The molecule has 2 aliphatic rings. The fourth-order valence-corrected chi connectivity index (χ4v) is 5.05. The molecule has 2 amide bonds. The SMILES string of the molecule is O=C(CCc1ccccc1)Nc1cccc(CN2CCC(C(=O)NC3CCCCC3)CC2)c1. The van der Waals surface area contributed by atoms with Crippen molar-refractivity contribution in [3.63, 3.8) is 0 Å². The van der Waals surface area contributed by atoms with Gasteiger partial charge < -0.3 is 10.6 Å². The summed E-state index contributed by atoms with van der Waals surface area (Å²) >= 11 is 0. The van der Waals surface area contributed by atoms with Crippen LogP contribution in [0.15, 0.2) is 54.6 Å². The maximum atomic E-state index is 12.7. The van der Waals surface area contributed by atoms with Gasteiger partial charge in [0.2, 0.25) is 11.8 Å². The number of carbonyl (C=O) groups excluding carboxylic acids is 2. The van der Waals surface area contributed by atoms with Crippen molar-refractivity contribution in [3.8, 4) is 0 Å². The van der Waals surface area contributed by atoms with Crippen LogP contribution in [0.4, 0.5) is 5.69 Å². The molecule has 5 heteroatoms. The van der Waals surface area contributed by atoms with Gasteiger partial charge in [-0.25, -0.2) is 0 Å². The maximum absolute atomic E-state index is 12.7. The first-order chi connectivity index (χ1) is 16.2. The van der Waals surface area contributed by atoms with Gasteiger partial charge in [0.05, 0.1) is 0 Å². The van der Waals surface area contributed by atoms with Gasteiger partial charge in [-0.05, 0) is 68.5 Å². The highest BCUT2D eigenvalue weighted by Gasteiger charge is 2.27. The van der Waals surface area contributed by atoms with Gasteiger partial charge in [-0.15, -0.1) is 0 Å². The van der Waals surface area contributed by atoms with Crippen LogP contribution >= 0.6 is 0 Å². The molecular formula is C28H37N3O2. The van der Waals surface area contributed by atoms with E-state index in [-0.39, 0.29) is 17.7 Å². The third-order valence-electron chi connectivity index (χ3n) is 7.01. The van der Waals surface area contributed by atoms with Gasteiger partial charge >= 0.3 is 0 Å². The molecule has 5 nitrogen and oxygen atoms in total. The number of nitrogens with zero attached hydrogens (tertiary/aromatic N) is 1. The molecule has 2 aromatic rings. The standard InChI is InChI=1S/C28H37N3O2/c32-27(15-14-22-8-3-1-4-9-22)29-26-13-7-10-23(20-26)21-31-18-16-24(17-19-31)28(33)30-25-11-5-2-6-12-25/h1,3-4,7-10,13,20,24-25H,2,5-6,11-12,14-19,21H2,(H,29,32)(H,30,33). The summed E-state index contributed by atoms with van der Waals surface area (Å²) < 4.78 is 0. The Kier molecular flexibility index (Phi) is 8.53. The van der Waals surface area contributed by atoms with Gasteiger partial charge in [-0.1, -0.05) is 61.7 Å². The van der Waals surface area contributed by atoms with E-state index in [1.54, 1.807) is 0 Å². The minimum Gasteiger partial charge on any atom is -0.353 e. The summed E-state index contributed by atoms with van der Waals surface area (Å²) in [5.41, 5.74) is 3.23.